The van der Waals surface area contributed by atoms with Crippen molar-refractivity contribution in [3.63, 3.8) is 0 Å². The molecule has 0 radical (unpaired) electrons. The molecule has 0 saturated carbocycles. The summed E-state index contributed by atoms with van der Waals surface area (Å²) in [6.45, 7) is 3.42. The summed E-state index contributed by atoms with van der Waals surface area (Å²) in [6.07, 6.45) is 0.433. The molecule has 30 heavy (non-hydrogen) atoms. The summed E-state index contributed by atoms with van der Waals surface area (Å²) in [6, 6.07) is 24.2. The fourth-order valence-corrected chi connectivity index (χ4v) is 4.59. The second kappa shape index (κ2) is 7.62. The van der Waals surface area contributed by atoms with Crippen LogP contribution in [0.25, 0.3) is 11.0 Å². The van der Waals surface area contributed by atoms with E-state index in [9.17, 15) is 4.79 Å². The zero-order valence-corrected chi connectivity index (χ0v) is 17.5. The van der Waals surface area contributed by atoms with Gasteiger partial charge >= 0.3 is 0 Å². The molecule has 5 heteroatoms. The number of para-hydroxylation sites is 3. The Kier molecular flexibility index (Phi) is 4.80. The smallest absolute Gasteiger partial charge is 0.227 e. The number of carbonyl (C=O) groups is 1. The summed E-state index contributed by atoms with van der Waals surface area (Å²) < 4.78 is 2.26. The number of carbonyl (C=O) groups excluding carboxylic acids is 1. The number of anilines is 1. The molecule has 0 N–H and O–H groups in total. The van der Waals surface area contributed by atoms with Gasteiger partial charge in [0.15, 0.2) is 0 Å². The number of imidazole rings is 1. The van der Waals surface area contributed by atoms with Crippen LogP contribution in [0.1, 0.15) is 29.3 Å². The summed E-state index contributed by atoms with van der Waals surface area (Å²) >= 11 is 6.37. The first-order valence-corrected chi connectivity index (χ1v) is 10.5. The number of aromatic nitrogens is 2. The Labute approximate surface area is 180 Å². The van der Waals surface area contributed by atoms with Crippen molar-refractivity contribution in [3.8, 4) is 0 Å². The van der Waals surface area contributed by atoms with Gasteiger partial charge in [-0.1, -0.05) is 65.7 Å². The molecule has 1 saturated heterocycles. The van der Waals surface area contributed by atoms with Crippen LogP contribution < -0.4 is 4.90 Å². The van der Waals surface area contributed by atoms with E-state index in [1.165, 1.54) is 11.1 Å². The Morgan fingerprint density at radius 3 is 2.67 bits per heavy atom. The van der Waals surface area contributed by atoms with Crippen molar-refractivity contribution in [2.45, 2.75) is 25.8 Å². The lowest BCUT2D eigenvalue weighted by molar-refractivity contribution is -0.117. The normalized spacial score (nSPS) is 16.5. The van der Waals surface area contributed by atoms with Crippen LogP contribution in [0.4, 0.5) is 5.69 Å². The van der Waals surface area contributed by atoms with E-state index in [0.29, 0.717) is 18.0 Å². The minimum absolute atomic E-state index is 0.0194. The van der Waals surface area contributed by atoms with Crippen molar-refractivity contribution in [2.24, 2.45) is 0 Å². The first-order valence-electron chi connectivity index (χ1n) is 10.2. The van der Waals surface area contributed by atoms with Gasteiger partial charge < -0.3 is 9.47 Å². The third kappa shape index (κ3) is 3.37. The Balaban J connectivity index is 1.54. The van der Waals surface area contributed by atoms with Gasteiger partial charge in [-0.15, -0.1) is 0 Å². The topological polar surface area (TPSA) is 38.1 Å². The number of hydrogen-bond donors (Lipinski definition) is 0. The minimum atomic E-state index is 0.0194. The van der Waals surface area contributed by atoms with Gasteiger partial charge in [0.05, 0.1) is 21.7 Å². The number of hydrogen-bond acceptors (Lipinski definition) is 2. The predicted octanol–water partition coefficient (Wildman–Crippen LogP) is 5.57. The molecule has 4 aromatic rings. The van der Waals surface area contributed by atoms with Crippen molar-refractivity contribution >= 4 is 34.2 Å². The maximum Gasteiger partial charge on any atom is 0.227 e. The lowest BCUT2D eigenvalue weighted by Gasteiger charge is -2.18. The van der Waals surface area contributed by atoms with Crippen LogP contribution in [0.3, 0.4) is 0 Å². The molecule has 2 heterocycles. The van der Waals surface area contributed by atoms with Crippen molar-refractivity contribution in [2.75, 3.05) is 11.4 Å². The van der Waals surface area contributed by atoms with E-state index in [4.69, 9.17) is 16.6 Å². The zero-order valence-electron chi connectivity index (χ0n) is 16.8. The van der Waals surface area contributed by atoms with Crippen molar-refractivity contribution in [1.82, 2.24) is 9.55 Å². The number of amides is 1. The van der Waals surface area contributed by atoms with E-state index in [-0.39, 0.29) is 11.8 Å². The van der Waals surface area contributed by atoms with Crippen LogP contribution in [0.5, 0.6) is 0 Å². The number of nitrogens with zero attached hydrogens (tertiary/aromatic N) is 3. The molecule has 1 amide bonds. The fourth-order valence-electron chi connectivity index (χ4n) is 4.35. The van der Waals surface area contributed by atoms with E-state index < -0.39 is 0 Å². The van der Waals surface area contributed by atoms with E-state index in [2.05, 4.69) is 41.8 Å². The molecule has 0 bridgehead atoms. The summed E-state index contributed by atoms with van der Waals surface area (Å²) in [4.78, 5) is 19.6. The van der Waals surface area contributed by atoms with Crippen LogP contribution in [0, 0.1) is 6.92 Å². The van der Waals surface area contributed by atoms with Gasteiger partial charge in [0, 0.05) is 25.4 Å². The summed E-state index contributed by atoms with van der Waals surface area (Å²) in [7, 11) is 0. The van der Waals surface area contributed by atoms with Crippen LogP contribution >= 0.6 is 11.6 Å². The third-order valence-electron chi connectivity index (χ3n) is 5.74. The number of rotatable bonds is 4. The maximum absolute atomic E-state index is 12.9. The average molecular weight is 416 g/mol. The van der Waals surface area contributed by atoms with Gasteiger partial charge in [0.25, 0.3) is 0 Å². The standard InChI is InChI=1S/C25H22ClN3O/c1-17-7-6-8-18(13-17)15-29-23-12-5-3-10-21(23)27-25(29)19-14-24(30)28(16-19)22-11-4-2-9-20(22)26/h2-13,19H,14-16H2,1H3. The third-order valence-corrected chi connectivity index (χ3v) is 6.06. The van der Waals surface area contributed by atoms with Crippen LogP contribution in [-0.2, 0) is 11.3 Å². The number of benzene rings is 3. The second-order valence-electron chi connectivity index (χ2n) is 7.89. The minimum Gasteiger partial charge on any atom is -0.323 e. The molecule has 1 aliphatic rings. The molecular formula is C25H22ClN3O. The highest BCUT2D eigenvalue weighted by Gasteiger charge is 2.35. The highest BCUT2D eigenvalue weighted by atomic mass is 35.5. The second-order valence-corrected chi connectivity index (χ2v) is 8.30. The summed E-state index contributed by atoms with van der Waals surface area (Å²) in [5, 5.41) is 0.597. The molecule has 1 fully saturated rings. The van der Waals surface area contributed by atoms with Crippen LogP contribution in [0.2, 0.25) is 5.02 Å². The van der Waals surface area contributed by atoms with Gasteiger partial charge in [-0.3, -0.25) is 4.79 Å². The van der Waals surface area contributed by atoms with Crippen LogP contribution in [0.15, 0.2) is 72.8 Å². The Bertz CT molecular complexity index is 1250. The molecule has 1 atom stereocenters. The fraction of sp³-hybridized carbons (Fsp3) is 0.200. The van der Waals surface area contributed by atoms with Gasteiger partial charge in [0.1, 0.15) is 5.82 Å². The highest BCUT2D eigenvalue weighted by molar-refractivity contribution is 6.33. The number of halogens is 1. The monoisotopic (exact) mass is 415 g/mol. The molecule has 3 aromatic carbocycles. The number of aryl methyl sites for hydroxylation is 1. The largest absolute Gasteiger partial charge is 0.323 e. The first-order chi connectivity index (χ1) is 14.6. The predicted molar refractivity (Wildman–Crippen MR) is 121 cm³/mol. The van der Waals surface area contributed by atoms with E-state index in [1.54, 1.807) is 4.90 Å². The zero-order chi connectivity index (χ0) is 20.7. The van der Waals surface area contributed by atoms with Crippen molar-refractivity contribution in [3.05, 3.63) is 94.8 Å². The maximum atomic E-state index is 12.9. The lowest BCUT2D eigenvalue weighted by Crippen LogP contribution is -2.24. The van der Waals surface area contributed by atoms with E-state index in [1.807, 2.05) is 42.5 Å². The quantitative estimate of drug-likeness (QED) is 0.437. The highest BCUT2D eigenvalue weighted by Crippen LogP contribution is 2.36. The molecule has 1 unspecified atom stereocenters. The average Bonchev–Trinajstić information content (AvgIpc) is 3.29. The van der Waals surface area contributed by atoms with Crippen molar-refractivity contribution < 1.29 is 4.79 Å². The molecule has 5 rings (SSSR count). The van der Waals surface area contributed by atoms with E-state index in [0.717, 1.165) is 29.1 Å². The van der Waals surface area contributed by atoms with Crippen molar-refractivity contribution in [1.29, 1.82) is 0 Å². The molecule has 1 aromatic heterocycles. The Morgan fingerprint density at radius 1 is 1.03 bits per heavy atom. The number of fused-ring (bicyclic) bond motifs is 1. The Morgan fingerprint density at radius 2 is 1.83 bits per heavy atom. The van der Waals surface area contributed by atoms with E-state index >= 15 is 0 Å². The molecule has 1 aliphatic heterocycles. The Hall–Kier alpha value is -3.11. The molecule has 150 valence electrons. The van der Waals surface area contributed by atoms with Gasteiger partial charge in [-0.05, 0) is 36.8 Å². The molecule has 0 aliphatic carbocycles. The van der Waals surface area contributed by atoms with Gasteiger partial charge in [0.2, 0.25) is 5.91 Å². The molecule has 0 spiro atoms. The van der Waals surface area contributed by atoms with Gasteiger partial charge in [-0.25, -0.2) is 4.98 Å². The summed E-state index contributed by atoms with van der Waals surface area (Å²) in [5.41, 5.74) is 5.29. The van der Waals surface area contributed by atoms with Gasteiger partial charge in [-0.2, -0.15) is 0 Å². The SMILES string of the molecule is Cc1cccc(Cn2c(C3CC(=O)N(c4ccccc4Cl)C3)nc3ccccc32)c1. The first kappa shape index (κ1) is 18.9. The molecule has 4 nitrogen and oxygen atoms in total. The lowest BCUT2D eigenvalue weighted by atomic mass is 10.1. The summed E-state index contributed by atoms with van der Waals surface area (Å²) in [5.74, 6) is 1.06. The van der Waals surface area contributed by atoms with Crippen LogP contribution in [-0.4, -0.2) is 22.0 Å². The molecular weight excluding hydrogens is 394 g/mol.